The van der Waals surface area contributed by atoms with Crippen molar-refractivity contribution in [3.8, 4) is 0 Å². The van der Waals surface area contributed by atoms with Crippen LogP contribution in [0.3, 0.4) is 0 Å². The number of quaternary nitrogens is 1. The molecule has 0 bridgehead atoms. The highest BCUT2D eigenvalue weighted by atomic mass is 31.2. The van der Waals surface area contributed by atoms with E-state index in [2.05, 4.69) is 27.7 Å². The van der Waals surface area contributed by atoms with Crippen molar-refractivity contribution in [1.82, 2.24) is 0 Å². The summed E-state index contributed by atoms with van der Waals surface area (Å²) in [7, 11) is -3.73. The second-order valence-electron chi connectivity index (χ2n) is 10.2. The zero-order valence-electron chi connectivity index (χ0n) is 24.2. The van der Waals surface area contributed by atoms with Gasteiger partial charge in [0.25, 0.3) is 0 Å². The summed E-state index contributed by atoms with van der Waals surface area (Å²) in [5, 5.41) is 0. The van der Waals surface area contributed by atoms with Crippen LogP contribution in [0.1, 0.15) is 118 Å². The van der Waals surface area contributed by atoms with Gasteiger partial charge in [-0.25, -0.2) is 0 Å². The molecule has 36 heavy (non-hydrogen) atoms. The first-order valence-electron chi connectivity index (χ1n) is 14.8. The van der Waals surface area contributed by atoms with Crippen LogP contribution in [0.15, 0.2) is 0 Å². The second kappa shape index (κ2) is 23.6. The highest BCUT2D eigenvalue weighted by molar-refractivity contribution is 7.52. The Labute approximate surface area is 222 Å². The predicted molar refractivity (Wildman–Crippen MR) is 149 cm³/mol. The molecule has 0 aliphatic carbocycles. The number of rotatable bonds is 26. The van der Waals surface area contributed by atoms with Crippen molar-refractivity contribution >= 4 is 13.6 Å². The third kappa shape index (κ3) is 21.6. The van der Waals surface area contributed by atoms with E-state index in [4.69, 9.17) is 14.0 Å². The van der Waals surface area contributed by atoms with Gasteiger partial charge in [0.1, 0.15) is 6.10 Å². The molecule has 0 heterocycles. The van der Waals surface area contributed by atoms with E-state index in [1.54, 1.807) is 0 Å². The summed E-state index contributed by atoms with van der Waals surface area (Å²) in [5.41, 5.74) is 0. The second-order valence-corrected chi connectivity index (χ2v) is 12.2. The maximum absolute atomic E-state index is 12.4. The third-order valence-corrected chi connectivity index (χ3v) is 8.40. The maximum Gasteiger partial charge on any atom is 0.333 e. The fourth-order valence-electron chi connectivity index (χ4n) is 4.46. The van der Waals surface area contributed by atoms with E-state index in [0.717, 1.165) is 25.9 Å². The molecule has 0 saturated heterocycles. The number of carbonyl (C=O) groups excluding carboxylic acids is 1. The molecule has 0 rings (SSSR count). The van der Waals surface area contributed by atoms with Gasteiger partial charge in [-0.2, -0.15) is 0 Å². The number of esters is 1. The Bertz CT molecular complexity index is 558. The van der Waals surface area contributed by atoms with Crippen LogP contribution in [0.2, 0.25) is 0 Å². The lowest BCUT2D eigenvalue weighted by atomic mass is 9.95. The van der Waals surface area contributed by atoms with Crippen molar-refractivity contribution in [2.24, 2.45) is 5.92 Å². The number of hydrogen-bond donors (Lipinski definition) is 2. The minimum absolute atomic E-state index is 0.0921. The van der Waals surface area contributed by atoms with Gasteiger partial charge >= 0.3 is 13.6 Å². The molecule has 2 N–H and O–H groups in total. The van der Waals surface area contributed by atoms with Crippen LogP contribution in [-0.4, -0.2) is 62.6 Å². The molecule has 0 aliphatic heterocycles. The standard InChI is InChI=1S/C28H58NO6P/c1-6-10-11-12-13-14-15-16-17-18-19-27(7-2)20-22-33-24-28(35-26(5)30)25-34-36(31,32)23-21-29(8-3)9-4/h27-28H,6-25H2,1-5H3,(H,31,32)/p+1. The minimum Gasteiger partial charge on any atom is -0.458 e. The Hall–Kier alpha value is -0.460. The van der Waals surface area contributed by atoms with Gasteiger partial charge in [0.05, 0.1) is 39.0 Å². The van der Waals surface area contributed by atoms with Gasteiger partial charge < -0.3 is 23.8 Å². The van der Waals surface area contributed by atoms with Crippen molar-refractivity contribution in [2.45, 2.75) is 124 Å². The lowest BCUT2D eigenvalue weighted by molar-refractivity contribution is -0.893. The smallest absolute Gasteiger partial charge is 0.333 e. The molecule has 0 aromatic carbocycles. The number of ether oxygens (including phenoxy) is 2. The SMILES string of the molecule is CCCCCCCCCCCCC(CC)CCOCC(COP(=O)(O)CC[NH+](CC)CC)OC(C)=O. The summed E-state index contributed by atoms with van der Waals surface area (Å²) < 4.78 is 28.7. The van der Waals surface area contributed by atoms with Crippen LogP contribution in [0.4, 0.5) is 0 Å². The molecule has 3 atom stereocenters. The van der Waals surface area contributed by atoms with Crippen LogP contribution in [0.25, 0.3) is 0 Å². The van der Waals surface area contributed by atoms with E-state index < -0.39 is 19.7 Å². The first-order valence-corrected chi connectivity index (χ1v) is 16.6. The van der Waals surface area contributed by atoms with Gasteiger partial charge in [-0.15, -0.1) is 0 Å². The summed E-state index contributed by atoms with van der Waals surface area (Å²) in [6.07, 6.45) is 16.3. The van der Waals surface area contributed by atoms with E-state index in [-0.39, 0.29) is 19.4 Å². The highest BCUT2D eigenvalue weighted by Crippen LogP contribution is 2.41. The summed E-state index contributed by atoms with van der Waals surface area (Å²) in [5.74, 6) is 0.197. The van der Waals surface area contributed by atoms with Crippen molar-refractivity contribution < 1.29 is 33.2 Å². The highest BCUT2D eigenvalue weighted by Gasteiger charge is 2.25. The van der Waals surface area contributed by atoms with Crippen LogP contribution in [0.5, 0.6) is 0 Å². The molecule has 8 heteroatoms. The van der Waals surface area contributed by atoms with Crippen LogP contribution in [-0.2, 0) is 23.4 Å². The molecular weight excluding hydrogens is 477 g/mol. The van der Waals surface area contributed by atoms with Gasteiger partial charge in [0.2, 0.25) is 0 Å². The van der Waals surface area contributed by atoms with Gasteiger partial charge in [-0.05, 0) is 26.2 Å². The van der Waals surface area contributed by atoms with E-state index in [1.165, 1.54) is 82.5 Å². The van der Waals surface area contributed by atoms with Gasteiger partial charge in [0.15, 0.2) is 0 Å². The fourth-order valence-corrected chi connectivity index (χ4v) is 5.58. The quantitative estimate of drug-likeness (QED) is 0.0827. The fraction of sp³-hybridized carbons (Fsp3) is 0.964. The first kappa shape index (κ1) is 35.5. The molecule has 0 spiro atoms. The largest absolute Gasteiger partial charge is 0.458 e. The Morgan fingerprint density at radius 3 is 1.97 bits per heavy atom. The third-order valence-electron chi connectivity index (χ3n) is 7.06. The van der Waals surface area contributed by atoms with Gasteiger partial charge in [0, 0.05) is 13.5 Å². The van der Waals surface area contributed by atoms with Crippen LogP contribution in [0, 0.1) is 5.92 Å². The average molecular weight is 537 g/mol. The summed E-state index contributed by atoms with van der Waals surface area (Å²) in [6.45, 7) is 12.9. The number of nitrogens with one attached hydrogen (secondary N) is 1. The monoisotopic (exact) mass is 536 g/mol. The number of carbonyl (C=O) groups is 1. The molecular formula is C28H59NO6P+. The maximum atomic E-state index is 12.4. The molecule has 0 aliphatic rings. The summed E-state index contributed by atoms with van der Waals surface area (Å²) in [6, 6.07) is 0. The molecule has 0 fully saturated rings. The molecule has 0 radical (unpaired) electrons. The molecule has 216 valence electrons. The minimum atomic E-state index is -3.73. The van der Waals surface area contributed by atoms with Crippen LogP contribution >= 0.6 is 7.60 Å². The van der Waals surface area contributed by atoms with Crippen molar-refractivity contribution in [1.29, 1.82) is 0 Å². The van der Waals surface area contributed by atoms with Crippen molar-refractivity contribution in [3.63, 3.8) is 0 Å². The Kier molecular flexibility index (Phi) is 23.3. The molecule has 0 amide bonds. The summed E-state index contributed by atoms with van der Waals surface area (Å²) in [4.78, 5) is 22.9. The number of hydrogen-bond acceptors (Lipinski definition) is 5. The average Bonchev–Trinajstić information content (AvgIpc) is 2.85. The van der Waals surface area contributed by atoms with E-state index in [1.807, 2.05) is 0 Å². The molecule has 3 unspecified atom stereocenters. The topological polar surface area (TPSA) is 86.5 Å². The van der Waals surface area contributed by atoms with E-state index in [9.17, 15) is 14.3 Å². The Morgan fingerprint density at radius 2 is 1.44 bits per heavy atom. The van der Waals surface area contributed by atoms with Crippen LogP contribution < -0.4 is 4.90 Å². The predicted octanol–water partition coefficient (Wildman–Crippen LogP) is 5.79. The van der Waals surface area contributed by atoms with Gasteiger partial charge in [-0.3, -0.25) is 9.36 Å². The Morgan fingerprint density at radius 1 is 0.861 bits per heavy atom. The van der Waals surface area contributed by atoms with Crippen molar-refractivity contribution in [3.05, 3.63) is 0 Å². The number of unbranched alkanes of at least 4 members (excludes halogenated alkanes) is 9. The lowest BCUT2D eigenvalue weighted by Gasteiger charge is -2.21. The molecule has 7 nitrogen and oxygen atoms in total. The summed E-state index contributed by atoms with van der Waals surface area (Å²) >= 11 is 0. The van der Waals surface area contributed by atoms with E-state index >= 15 is 0 Å². The lowest BCUT2D eigenvalue weighted by Crippen LogP contribution is -3.11. The van der Waals surface area contributed by atoms with Crippen molar-refractivity contribution in [2.75, 3.05) is 45.6 Å². The zero-order valence-corrected chi connectivity index (χ0v) is 25.1. The molecule has 0 aromatic heterocycles. The zero-order chi connectivity index (χ0) is 27.1. The Balaban J connectivity index is 4.11. The molecule has 0 aromatic rings. The normalized spacial score (nSPS) is 15.1. The van der Waals surface area contributed by atoms with Gasteiger partial charge in [-0.1, -0.05) is 90.9 Å². The first-order chi connectivity index (χ1) is 17.3. The van der Waals surface area contributed by atoms with E-state index in [0.29, 0.717) is 19.1 Å². The molecule has 0 saturated carbocycles.